The number of oxazole rings is 1. The molecule has 2 aromatic carbocycles. The summed E-state index contributed by atoms with van der Waals surface area (Å²) in [5.41, 5.74) is 7.74. The Hall–Kier alpha value is -2.20. The first kappa shape index (κ1) is 11.9. The maximum absolute atomic E-state index is 5.89. The number of aromatic nitrogens is 1. The van der Waals surface area contributed by atoms with Crippen LogP contribution in [0.3, 0.4) is 0 Å². The number of rotatable bonds is 3. The van der Waals surface area contributed by atoms with Gasteiger partial charge in [-0.3, -0.25) is 0 Å². The Kier molecular flexibility index (Phi) is 3.01. The van der Waals surface area contributed by atoms with Gasteiger partial charge in [0.15, 0.2) is 12.2 Å². The van der Waals surface area contributed by atoms with E-state index in [2.05, 4.69) is 4.98 Å². The third-order valence-corrected chi connectivity index (χ3v) is 2.85. The van der Waals surface area contributed by atoms with E-state index in [0.717, 1.165) is 5.52 Å². The molecule has 0 atom stereocenters. The van der Waals surface area contributed by atoms with Gasteiger partial charge in [0.25, 0.3) is 0 Å². The Balaban J connectivity index is 1.78. The molecule has 0 saturated carbocycles. The van der Waals surface area contributed by atoms with E-state index in [-0.39, 0.29) is 6.61 Å². The average Bonchev–Trinajstić information content (AvgIpc) is 2.78. The molecule has 4 nitrogen and oxygen atoms in total. The molecule has 96 valence electrons. The third-order valence-electron chi connectivity index (χ3n) is 2.62. The third kappa shape index (κ3) is 2.63. The molecule has 0 amide bonds. The predicted molar refractivity (Wildman–Crippen MR) is 74.2 cm³/mol. The first-order valence-electron chi connectivity index (χ1n) is 5.74. The van der Waals surface area contributed by atoms with Crippen molar-refractivity contribution in [2.45, 2.75) is 6.61 Å². The molecule has 1 aromatic heterocycles. The highest BCUT2D eigenvalue weighted by atomic mass is 35.5. The Morgan fingerprint density at radius 1 is 1.21 bits per heavy atom. The van der Waals surface area contributed by atoms with E-state index in [0.29, 0.717) is 27.9 Å². The number of fused-ring (bicyclic) bond motifs is 1. The number of nitrogens with two attached hydrogens (primary N) is 1. The number of halogens is 1. The predicted octanol–water partition coefficient (Wildman–Crippen LogP) is 3.64. The van der Waals surface area contributed by atoms with E-state index in [9.17, 15) is 0 Å². The maximum Gasteiger partial charge on any atom is 0.233 e. The molecule has 0 radical (unpaired) electrons. The molecule has 0 aliphatic carbocycles. The monoisotopic (exact) mass is 274 g/mol. The second kappa shape index (κ2) is 4.82. The Morgan fingerprint density at radius 2 is 2.11 bits per heavy atom. The van der Waals surface area contributed by atoms with Crippen LogP contribution in [0, 0.1) is 0 Å². The molecule has 0 fully saturated rings. The van der Waals surface area contributed by atoms with Crippen molar-refractivity contribution in [1.82, 2.24) is 4.98 Å². The van der Waals surface area contributed by atoms with Crippen LogP contribution < -0.4 is 10.5 Å². The molecule has 0 saturated heterocycles. The molecule has 5 heteroatoms. The van der Waals surface area contributed by atoms with Crippen LogP contribution in [0.15, 0.2) is 46.9 Å². The summed E-state index contributed by atoms with van der Waals surface area (Å²) in [4.78, 5) is 4.31. The lowest BCUT2D eigenvalue weighted by Gasteiger charge is -2.03. The zero-order chi connectivity index (χ0) is 13.2. The van der Waals surface area contributed by atoms with E-state index in [1.807, 2.05) is 18.2 Å². The second-order valence-electron chi connectivity index (χ2n) is 4.08. The van der Waals surface area contributed by atoms with Crippen molar-refractivity contribution in [3.05, 3.63) is 53.4 Å². The van der Waals surface area contributed by atoms with Crippen molar-refractivity contribution >= 4 is 28.4 Å². The number of nitrogen functional groups attached to an aromatic ring is 1. The summed E-state index contributed by atoms with van der Waals surface area (Å²) >= 11 is 5.89. The summed E-state index contributed by atoms with van der Waals surface area (Å²) in [6.07, 6.45) is 0. The highest BCUT2D eigenvalue weighted by molar-refractivity contribution is 6.31. The molecule has 19 heavy (non-hydrogen) atoms. The molecule has 2 N–H and O–H groups in total. The van der Waals surface area contributed by atoms with Crippen molar-refractivity contribution in [1.29, 1.82) is 0 Å². The number of anilines is 1. The summed E-state index contributed by atoms with van der Waals surface area (Å²) in [6.45, 7) is 0.246. The van der Waals surface area contributed by atoms with Gasteiger partial charge < -0.3 is 14.9 Å². The lowest BCUT2D eigenvalue weighted by Crippen LogP contribution is -1.96. The molecule has 0 aliphatic heterocycles. The quantitative estimate of drug-likeness (QED) is 0.741. The van der Waals surface area contributed by atoms with Gasteiger partial charge in [0.05, 0.1) is 0 Å². The van der Waals surface area contributed by atoms with Crippen molar-refractivity contribution in [2.24, 2.45) is 0 Å². The normalized spacial score (nSPS) is 10.8. The van der Waals surface area contributed by atoms with Crippen LogP contribution >= 0.6 is 11.6 Å². The van der Waals surface area contributed by atoms with Gasteiger partial charge in [-0.25, -0.2) is 4.98 Å². The van der Waals surface area contributed by atoms with Crippen LogP contribution in [0.2, 0.25) is 5.02 Å². The smallest absolute Gasteiger partial charge is 0.233 e. The van der Waals surface area contributed by atoms with Crippen LogP contribution in [0.5, 0.6) is 5.75 Å². The second-order valence-corrected chi connectivity index (χ2v) is 4.52. The lowest BCUT2D eigenvalue weighted by atomic mass is 10.3. The number of ether oxygens (including phenoxy) is 1. The number of nitrogens with zero attached hydrogens (tertiary/aromatic N) is 1. The number of hydrogen-bond donors (Lipinski definition) is 1. The van der Waals surface area contributed by atoms with Crippen molar-refractivity contribution in [3.8, 4) is 5.75 Å². The first-order chi connectivity index (χ1) is 9.20. The van der Waals surface area contributed by atoms with Crippen LogP contribution in [-0.2, 0) is 6.61 Å². The minimum atomic E-state index is 0.246. The van der Waals surface area contributed by atoms with Gasteiger partial charge in [-0.05, 0) is 24.3 Å². The van der Waals surface area contributed by atoms with Gasteiger partial charge in [0, 0.05) is 22.8 Å². The van der Waals surface area contributed by atoms with Crippen molar-refractivity contribution in [2.75, 3.05) is 5.73 Å². The van der Waals surface area contributed by atoms with E-state index < -0.39 is 0 Å². The SMILES string of the molecule is Nc1cccc(OCc2nc3ccc(Cl)cc3o2)c1. The molecule has 3 rings (SSSR count). The van der Waals surface area contributed by atoms with Gasteiger partial charge in [0.1, 0.15) is 11.3 Å². The highest BCUT2D eigenvalue weighted by Crippen LogP contribution is 2.21. The van der Waals surface area contributed by atoms with Crippen molar-refractivity contribution < 1.29 is 9.15 Å². The minimum Gasteiger partial charge on any atom is -0.484 e. The molecule has 1 heterocycles. The summed E-state index contributed by atoms with van der Waals surface area (Å²) < 4.78 is 11.1. The Labute approximate surface area is 114 Å². The Bertz CT molecular complexity index is 724. The lowest BCUT2D eigenvalue weighted by molar-refractivity contribution is 0.267. The van der Waals surface area contributed by atoms with Crippen LogP contribution in [0.1, 0.15) is 5.89 Å². The maximum atomic E-state index is 5.89. The summed E-state index contributed by atoms with van der Waals surface area (Å²) in [5, 5.41) is 0.618. The fraction of sp³-hybridized carbons (Fsp3) is 0.0714. The number of benzene rings is 2. The topological polar surface area (TPSA) is 61.3 Å². The molecular formula is C14H11ClN2O2. The van der Waals surface area contributed by atoms with E-state index in [1.54, 1.807) is 24.3 Å². The van der Waals surface area contributed by atoms with E-state index in [4.69, 9.17) is 26.5 Å². The van der Waals surface area contributed by atoms with Crippen LogP contribution in [-0.4, -0.2) is 4.98 Å². The zero-order valence-corrected chi connectivity index (χ0v) is 10.7. The van der Waals surface area contributed by atoms with Crippen LogP contribution in [0.25, 0.3) is 11.1 Å². The standard InChI is InChI=1S/C14H11ClN2O2/c15-9-4-5-12-13(6-9)19-14(17-12)8-18-11-3-1-2-10(16)7-11/h1-7H,8,16H2. The van der Waals surface area contributed by atoms with E-state index >= 15 is 0 Å². The summed E-state index contributed by atoms with van der Waals surface area (Å²) in [7, 11) is 0. The summed E-state index contributed by atoms with van der Waals surface area (Å²) in [6, 6.07) is 12.5. The fourth-order valence-electron chi connectivity index (χ4n) is 1.76. The van der Waals surface area contributed by atoms with Gasteiger partial charge in [-0.2, -0.15) is 0 Å². The van der Waals surface area contributed by atoms with Crippen molar-refractivity contribution in [3.63, 3.8) is 0 Å². The number of hydrogen-bond acceptors (Lipinski definition) is 4. The minimum absolute atomic E-state index is 0.246. The Morgan fingerprint density at radius 3 is 2.95 bits per heavy atom. The molecule has 0 aliphatic rings. The molecule has 0 bridgehead atoms. The fourth-order valence-corrected chi connectivity index (χ4v) is 1.92. The molecule has 0 unspecified atom stereocenters. The van der Waals surface area contributed by atoms with Gasteiger partial charge in [-0.1, -0.05) is 17.7 Å². The van der Waals surface area contributed by atoms with Crippen LogP contribution in [0.4, 0.5) is 5.69 Å². The highest BCUT2D eigenvalue weighted by Gasteiger charge is 2.07. The first-order valence-corrected chi connectivity index (χ1v) is 6.12. The largest absolute Gasteiger partial charge is 0.484 e. The molecule has 3 aromatic rings. The molecular weight excluding hydrogens is 264 g/mol. The summed E-state index contributed by atoms with van der Waals surface area (Å²) in [5.74, 6) is 1.18. The van der Waals surface area contributed by atoms with Gasteiger partial charge >= 0.3 is 0 Å². The van der Waals surface area contributed by atoms with E-state index in [1.165, 1.54) is 0 Å². The molecule has 0 spiro atoms. The van der Waals surface area contributed by atoms with Gasteiger partial charge in [-0.15, -0.1) is 0 Å². The van der Waals surface area contributed by atoms with Gasteiger partial charge in [0.2, 0.25) is 5.89 Å². The zero-order valence-electron chi connectivity index (χ0n) is 9.97. The average molecular weight is 275 g/mol.